The highest BCUT2D eigenvalue weighted by Crippen LogP contribution is 2.32. The van der Waals surface area contributed by atoms with Crippen LogP contribution in [-0.2, 0) is 0 Å². The molecule has 1 saturated carbocycles. The summed E-state index contributed by atoms with van der Waals surface area (Å²) in [6, 6.07) is 1.12. The Balaban J connectivity index is 0.000000845. The molecule has 1 saturated heterocycles. The van der Waals surface area contributed by atoms with Gasteiger partial charge in [-0.25, -0.2) is 0 Å². The van der Waals surface area contributed by atoms with E-state index in [0.717, 1.165) is 6.42 Å². The van der Waals surface area contributed by atoms with Gasteiger partial charge in [0.1, 0.15) is 0 Å². The van der Waals surface area contributed by atoms with Crippen molar-refractivity contribution in [3.05, 3.63) is 0 Å². The molecule has 1 heterocycles. The fourth-order valence-corrected chi connectivity index (χ4v) is 2.80. The molecule has 2 rings (SSSR count). The molecule has 3 heteroatoms. The first-order chi connectivity index (χ1) is 5.77. The Morgan fingerprint density at radius 1 is 1.23 bits per heavy atom. The molecule has 0 radical (unpaired) electrons. The van der Waals surface area contributed by atoms with Crippen molar-refractivity contribution in [1.29, 1.82) is 0 Å². The van der Waals surface area contributed by atoms with Gasteiger partial charge in [0.25, 0.3) is 0 Å². The van der Waals surface area contributed by atoms with Crippen molar-refractivity contribution >= 4 is 12.4 Å². The largest absolute Gasteiger partial charge is 0.393 e. The van der Waals surface area contributed by atoms with Crippen LogP contribution >= 0.6 is 12.4 Å². The zero-order valence-corrected chi connectivity index (χ0v) is 9.02. The standard InChI is InChI=1S/C10H19NO.ClH/c1-7-6-10(12)8-4-2-3-5-9(8)11-7;/h7-12H,2-6H2,1H3;1H/t7-,8?,9?,10+;/m1./s1. The Kier molecular flexibility index (Phi) is 4.02. The van der Waals surface area contributed by atoms with Gasteiger partial charge in [0.15, 0.2) is 0 Å². The van der Waals surface area contributed by atoms with Gasteiger partial charge in [-0.05, 0) is 26.2 Å². The third-order valence-corrected chi connectivity index (χ3v) is 3.41. The molecule has 2 nitrogen and oxygen atoms in total. The highest BCUT2D eigenvalue weighted by atomic mass is 35.5. The van der Waals surface area contributed by atoms with E-state index in [9.17, 15) is 5.11 Å². The number of aliphatic hydroxyl groups is 1. The Bertz CT molecular complexity index is 165. The van der Waals surface area contributed by atoms with Gasteiger partial charge >= 0.3 is 0 Å². The molecule has 0 aromatic heterocycles. The van der Waals surface area contributed by atoms with Crippen LogP contribution in [0.4, 0.5) is 0 Å². The molecule has 2 N–H and O–H groups in total. The summed E-state index contributed by atoms with van der Waals surface area (Å²) in [6.07, 6.45) is 6.06. The molecule has 0 bridgehead atoms. The maximum Gasteiger partial charge on any atom is 0.0598 e. The van der Waals surface area contributed by atoms with Crippen molar-refractivity contribution < 1.29 is 5.11 Å². The minimum Gasteiger partial charge on any atom is -0.393 e. The van der Waals surface area contributed by atoms with E-state index < -0.39 is 0 Å². The molecule has 2 unspecified atom stereocenters. The van der Waals surface area contributed by atoms with E-state index >= 15 is 0 Å². The van der Waals surface area contributed by atoms with Crippen LogP contribution in [0, 0.1) is 5.92 Å². The Labute approximate surface area is 86.5 Å². The highest BCUT2D eigenvalue weighted by molar-refractivity contribution is 5.85. The maximum absolute atomic E-state index is 9.83. The molecule has 78 valence electrons. The summed E-state index contributed by atoms with van der Waals surface area (Å²) in [5.74, 6) is 0.551. The first-order valence-corrected chi connectivity index (χ1v) is 5.21. The lowest BCUT2D eigenvalue weighted by atomic mass is 9.76. The molecular weight excluding hydrogens is 186 g/mol. The lowest BCUT2D eigenvalue weighted by Crippen LogP contribution is -2.53. The molecule has 0 aromatic rings. The predicted molar refractivity (Wildman–Crippen MR) is 56.2 cm³/mol. The van der Waals surface area contributed by atoms with Crippen LogP contribution in [0.15, 0.2) is 0 Å². The second-order valence-corrected chi connectivity index (χ2v) is 4.43. The van der Waals surface area contributed by atoms with Gasteiger partial charge in [0, 0.05) is 18.0 Å². The van der Waals surface area contributed by atoms with Gasteiger partial charge in [-0.1, -0.05) is 12.8 Å². The van der Waals surface area contributed by atoms with Crippen LogP contribution in [0.2, 0.25) is 0 Å². The lowest BCUT2D eigenvalue weighted by Gasteiger charge is -2.42. The Hall–Kier alpha value is 0.210. The Morgan fingerprint density at radius 3 is 2.69 bits per heavy atom. The highest BCUT2D eigenvalue weighted by Gasteiger charge is 2.35. The number of halogens is 1. The second-order valence-electron chi connectivity index (χ2n) is 4.43. The van der Waals surface area contributed by atoms with Crippen molar-refractivity contribution in [2.24, 2.45) is 5.92 Å². The summed E-state index contributed by atoms with van der Waals surface area (Å²) < 4.78 is 0. The molecule has 2 aliphatic rings. The monoisotopic (exact) mass is 205 g/mol. The number of piperidine rings is 1. The van der Waals surface area contributed by atoms with Gasteiger partial charge in [-0.3, -0.25) is 0 Å². The molecule has 1 aliphatic carbocycles. The van der Waals surface area contributed by atoms with E-state index in [1.807, 2.05) is 0 Å². The van der Waals surface area contributed by atoms with Crippen molar-refractivity contribution in [3.8, 4) is 0 Å². The zero-order chi connectivity index (χ0) is 8.55. The van der Waals surface area contributed by atoms with E-state index in [1.54, 1.807) is 0 Å². The minimum atomic E-state index is -0.0356. The molecular formula is C10H20ClNO. The number of hydrogen-bond donors (Lipinski definition) is 2. The van der Waals surface area contributed by atoms with Crippen molar-refractivity contribution in [1.82, 2.24) is 5.32 Å². The number of fused-ring (bicyclic) bond motifs is 1. The van der Waals surface area contributed by atoms with Crippen LogP contribution in [-0.4, -0.2) is 23.3 Å². The fourth-order valence-electron chi connectivity index (χ4n) is 2.80. The summed E-state index contributed by atoms with van der Waals surface area (Å²) in [5.41, 5.74) is 0. The van der Waals surface area contributed by atoms with Gasteiger partial charge in [0.2, 0.25) is 0 Å². The van der Waals surface area contributed by atoms with Crippen LogP contribution in [0.25, 0.3) is 0 Å². The van der Waals surface area contributed by atoms with Crippen LogP contribution in [0.5, 0.6) is 0 Å². The van der Waals surface area contributed by atoms with Crippen LogP contribution in [0.3, 0.4) is 0 Å². The van der Waals surface area contributed by atoms with Crippen LogP contribution < -0.4 is 5.32 Å². The predicted octanol–water partition coefficient (Wildman–Crippen LogP) is 1.71. The SMILES string of the molecule is C[C@@H]1C[C@H](O)C2CCCCC2N1.Cl. The van der Waals surface area contributed by atoms with Gasteiger partial charge in [-0.15, -0.1) is 12.4 Å². The van der Waals surface area contributed by atoms with Gasteiger partial charge in [0.05, 0.1) is 6.10 Å². The summed E-state index contributed by atoms with van der Waals surface area (Å²) in [4.78, 5) is 0. The average molecular weight is 206 g/mol. The third-order valence-electron chi connectivity index (χ3n) is 3.41. The first kappa shape index (κ1) is 11.3. The fraction of sp³-hybridized carbons (Fsp3) is 1.00. The van der Waals surface area contributed by atoms with Gasteiger partial charge in [-0.2, -0.15) is 0 Å². The summed E-state index contributed by atoms with van der Waals surface area (Å²) in [5, 5.41) is 13.4. The molecule has 2 fully saturated rings. The number of nitrogens with one attached hydrogen (secondary N) is 1. The zero-order valence-electron chi connectivity index (χ0n) is 8.20. The van der Waals surface area contributed by atoms with Crippen molar-refractivity contribution in [2.45, 2.75) is 57.2 Å². The molecule has 0 amide bonds. The maximum atomic E-state index is 9.83. The van der Waals surface area contributed by atoms with E-state index in [2.05, 4.69) is 12.2 Å². The quantitative estimate of drug-likeness (QED) is 0.631. The average Bonchev–Trinajstić information content (AvgIpc) is 2.04. The van der Waals surface area contributed by atoms with Crippen molar-refractivity contribution in [2.75, 3.05) is 0 Å². The second kappa shape index (κ2) is 4.63. The summed E-state index contributed by atoms with van der Waals surface area (Å²) >= 11 is 0. The van der Waals surface area contributed by atoms with Gasteiger partial charge < -0.3 is 10.4 Å². The van der Waals surface area contributed by atoms with E-state index in [4.69, 9.17) is 0 Å². The molecule has 0 aromatic carbocycles. The number of hydrogen-bond acceptors (Lipinski definition) is 2. The van der Waals surface area contributed by atoms with E-state index in [0.29, 0.717) is 18.0 Å². The summed E-state index contributed by atoms with van der Waals surface area (Å²) in [7, 11) is 0. The lowest BCUT2D eigenvalue weighted by molar-refractivity contribution is 0.0163. The number of aliphatic hydroxyl groups excluding tert-OH is 1. The number of rotatable bonds is 0. The molecule has 1 aliphatic heterocycles. The smallest absolute Gasteiger partial charge is 0.0598 e. The Morgan fingerprint density at radius 2 is 1.92 bits per heavy atom. The van der Waals surface area contributed by atoms with Crippen LogP contribution in [0.1, 0.15) is 39.0 Å². The topological polar surface area (TPSA) is 32.3 Å². The van der Waals surface area contributed by atoms with Crippen molar-refractivity contribution in [3.63, 3.8) is 0 Å². The van der Waals surface area contributed by atoms with E-state index in [1.165, 1.54) is 25.7 Å². The summed E-state index contributed by atoms with van der Waals surface area (Å²) in [6.45, 7) is 2.17. The molecule has 4 atom stereocenters. The molecule has 0 spiro atoms. The minimum absolute atomic E-state index is 0. The first-order valence-electron chi connectivity index (χ1n) is 5.21. The third kappa shape index (κ3) is 2.36. The molecule has 13 heavy (non-hydrogen) atoms. The normalized spacial score (nSPS) is 44.8. The van der Waals surface area contributed by atoms with E-state index in [-0.39, 0.29) is 18.5 Å².